The summed E-state index contributed by atoms with van der Waals surface area (Å²) >= 11 is 0. The molecule has 1 unspecified atom stereocenters. The van der Waals surface area contributed by atoms with Gasteiger partial charge in [0.2, 0.25) is 5.91 Å². The number of aryl methyl sites for hydroxylation is 2. The van der Waals surface area contributed by atoms with Gasteiger partial charge in [-0.15, -0.1) is 12.4 Å². The first kappa shape index (κ1) is 23.0. The van der Waals surface area contributed by atoms with Crippen molar-refractivity contribution in [3.8, 4) is 0 Å². The Balaban J connectivity index is 0.00000320. The van der Waals surface area contributed by atoms with Gasteiger partial charge in [0.15, 0.2) is 0 Å². The second-order valence-electron chi connectivity index (χ2n) is 7.22. The molecule has 3 aromatic carbocycles. The maximum atomic E-state index is 12.6. The van der Waals surface area contributed by atoms with Crippen LogP contribution in [0.4, 0.5) is 5.69 Å². The lowest BCUT2D eigenvalue weighted by molar-refractivity contribution is -0.119. The topological polar surface area (TPSA) is 96.2 Å². The number of hydrogen-bond acceptors (Lipinski definition) is 3. The normalized spacial score (nSPS) is 11.3. The van der Waals surface area contributed by atoms with Crippen LogP contribution in [0.5, 0.6) is 0 Å². The van der Waals surface area contributed by atoms with E-state index < -0.39 is 11.9 Å². The Morgan fingerprint density at radius 1 is 0.933 bits per heavy atom. The standard InChI is InChI=1S/C24H26N4O.ClH/c1-16-8-9-20(14-17(16)2)22(24(27)29)28(15-18-6-4-3-5-7-18)21-12-10-19(11-13-21)23(25)26;/h3-14,22H,15H2,1-2H3,(H3,25,26)(H2,27,29);1H. The molecule has 0 aromatic heterocycles. The fraction of sp³-hybridized carbons (Fsp3) is 0.167. The van der Waals surface area contributed by atoms with Gasteiger partial charge in [0.25, 0.3) is 0 Å². The van der Waals surface area contributed by atoms with Gasteiger partial charge in [-0.2, -0.15) is 0 Å². The summed E-state index contributed by atoms with van der Waals surface area (Å²) in [6, 6.07) is 22.6. The molecule has 0 aliphatic carbocycles. The highest BCUT2D eigenvalue weighted by Gasteiger charge is 2.27. The van der Waals surface area contributed by atoms with E-state index in [4.69, 9.17) is 16.9 Å². The third-order valence-electron chi connectivity index (χ3n) is 5.13. The highest BCUT2D eigenvalue weighted by molar-refractivity contribution is 5.95. The van der Waals surface area contributed by atoms with E-state index in [1.807, 2.05) is 79.4 Å². The summed E-state index contributed by atoms with van der Waals surface area (Å²) in [6.07, 6.45) is 0. The Morgan fingerprint density at radius 2 is 1.57 bits per heavy atom. The highest BCUT2D eigenvalue weighted by Crippen LogP contribution is 2.30. The van der Waals surface area contributed by atoms with E-state index in [1.165, 1.54) is 0 Å². The van der Waals surface area contributed by atoms with Crippen molar-refractivity contribution in [3.05, 3.63) is 101 Å². The third kappa shape index (κ3) is 5.19. The van der Waals surface area contributed by atoms with Crippen LogP contribution >= 0.6 is 12.4 Å². The van der Waals surface area contributed by atoms with Crippen molar-refractivity contribution in [2.45, 2.75) is 26.4 Å². The van der Waals surface area contributed by atoms with Gasteiger partial charge in [0, 0.05) is 17.8 Å². The molecule has 0 fully saturated rings. The second-order valence-corrected chi connectivity index (χ2v) is 7.22. The summed E-state index contributed by atoms with van der Waals surface area (Å²) in [5.74, 6) is -0.411. The fourth-order valence-corrected chi connectivity index (χ4v) is 3.38. The summed E-state index contributed by atoms with van der Waals surface area (Å²) in [7, 11) is 0. The van der Waals surface area contributed by atoms with Crippen LogP contribution in [0.3, 0.4) is 0 Å². The van der Waals surface area contributed by atoms with Crippen molar-refractivity contribution < 1.29 is 4.79 Å². The van der Waals surface area contributed by atoms with Crippen molar-refractivity contribution in [2.24, 2.45) is 11.5 Å². The Labute approximate surface area is 183 Å². The van der Waals surface area contributed by atoms with Gasteiger partial charge in [0.1, 0.15) is 11.9 Å². The van der Waals surface area contributed by atoms with Crippen molar-refractivity contribution in [3.63, 3.8) is 0 Å². The van der Waals surface area contributed by atoms with E-state index in [0.717, 1.165) is 27.9 Å². The number of carbonyl (C=O) groups is 1. The molecule has 0 heterocycles. The number of nitrogens with one attached hydrogen (secondary N) is 1. The minimum atomic E-state index is -0.627. The molecule has 0 aliphatic heterocycles. The van der Waals surface area contributed by atoms with Crippen LogP contribution in [0.1, 0.15) is 33.9 Å². The summed E-state index contributed by atoms with van der Waals surface area (Å²) in [5.41, 5.74) is 17.1. The van der Waals surface area contributed by atoms with Crippen molar-refractivity contribution in [1.29, 1.82) is 5.41 Å². The van der Waals surface area contributed by atoms with Crippen LogP contribution in [0.2, 0.25) is 0 Å². The lowest BCUT2D eigenvalue weighted by atomic mass is 9.98. The quantitative estimate of drug-likeness (QED) is 0.392. The molecule has 3 rings (SSSR count). The van der Waals surface area contributed by atoms with Crippen LogP contribution < -0.4 is 16.4 Å². The molecule has 0 saturated heterocycles. The molecule has 156 valence electrons. The van der Waals surface area contributed by atoms with E-state index >= 15 is 0 Å². The Morgan fingerprint density at radius 3 is 2.10 bits per heavy atom. The number of nitrogens with two attached hydrogens (primary N) is 2. The van der Waals surface area contributed by atoms with Gasteiger partial charge in [-0.3, -0.25) is 10.2 Å². The molecule has 0 bridgehead atoms. The largest absolute Gasteiger partial charge is 0.384 e. The average molecular weight is 423 g/mol. The number of anilines is 1. The number of amides is 1. The van der Waals surface area contributed by atoms with E-state index in [-0.39, 0.29) is 18.2 Å². The Kier molecular flexibility index (Phi) is 7.61. The summed E-state index contributed by atoms with van der Waals surface area (Å²) < 4.78 is 0. The first-order chi connectivity index (χ1) is 13.9. The number of nitrogen functional groups attached to an aromatic ring is 1. The first-order valence-corrected chi connectivity index (χ1v) is 9.48. The van der Waals surface area contributed by atoms with E-state index in [0.29, 0.717) is 12.1 Å². The number of amidine groups is 1. The van der Waals surface area contributed by atoms with Crippen molar-refractivity contribution in [1.82, 2.24) is 0 Å². The molecule has 0 spiro atoms. The van der Waals surface area contributed by atoms with Gasteiger partial charge >= 0.3 is 0 Å². The number of halogens is 1. The van der Waals surface area contributed by atoms with Crippen LogP contribution in [0, 0.1) is 19.3 Å². The summed E-state index contributed by atoms with van der Waals surface area (Å²) in [4.78, 5) is 14.6. The number of carbonyl (C=O) groups excluding carboxylic acids is 1. The molecule has 30 heavy (non-hydrogen) atoms. The molecule has 1 atom stereocenters. The summed E-state index contributed by atoms with van der Waals surface area (Å²) in [6.45, 7) is 4.58. The Hall–Kier alpha value is -3.31. The zero-order valence-electron chi connectivity index (χ0n) is 17.1. The molecule has 1 amide bonds. The lowest BCUT2D eigenvalue weighted by Crippen LogP contribution is -2.37. The molecular formula is C24H27ClN4O. The molecular weight excluding hydrogens is 396 g/mol. The molecule has 3 aromatic rings. The zero-order valence-corrected chi connectivity index (χ0v) is 17.9. The molecule has 0 aliphatic rings. The van der Waals surface area contributed by atoms with Crippen LogP contribution in [-0.2, 0) is 11.3 Å². The molecule has 5 nitrogen and oxygen atoms in total. The maximum absolute atomic E-state index is 12.6. The smallest absolute Gasteiger partial charge is 0.244 e. The highest BCUT2D eigenvalue weighted by atomic mass is 35.5. The van der Waals surface area contributed by atoms with Gasteiger partial charge < -0.3 is 16.4 Å². The lowest BCUT2D eigenvalue weighted by Gasteiger charge is -2.32. The van der Waals surface area contributed by atoms with Gasteiger partial charge in [-0.05, 0) is 60.4 Å². The SMILES string of the molecule is Cc1ccc(C(C(N)=O)N(Cc2ccccc2)c2ccc(C(=N)N)cc2)cc1C.Cl. The number of benzene rings is 3. The fourth-order valence-electron chi connectivity index (χ4n) is 3.38. The van der Waals surface area contributed by atoms with Gasteiger partial charge in [-0.25, -0.2) is 0 Å². The zero-order chi connectivity index (χ0) is 21.0. The van der Waals surface area contributed by atoms with Gasteiger partial charge in [-0.1, -0.05) is 48.5 Å². The molecule has 6 heteroatoms. The average Bonchev–Trinajstić information content (AvgIpc) is 2.71. The predicted octanol–water partition coefficient (Wildman–Crippen LogP) is 4.24. The number of rotatable bonds is 7. The van der Waals surface area contributed by atoms with Crippen LogP contribution in [0.15, 0.2) is 72.8 Å². The minimum absolute atomic E-state index is 0. The molecule has 0 radical (unpaired) electrons. The number of nitrogens with zero attached hydrogens (tertiary/aromatic N) is 1. The Bertz CT molecular complexity index is 1020. The minimum Gasteiger partial charge on any atom is -0.384 e. The number of primary amides is 1. The number of hydrogen-bond donors (Lipinski definition) is 3. The van der Waals surface area contributed by atoms with E-state index in [9.17, 15) is 4.79 Å². The molecule has 0 saturated carbocycles. The monoisotopic (exact) mass is 422 g/mol. The van der Waals surface area contributed by atoms with E-state index in [2.05, 4.69) is 0 Å². The van der Waals surface area contributed by atoms with Crippen molar-refractivity contribution >= 4 is 29.8 Å². The third-order valence-corrected chi connectivity index (χ3v) is 5.13. The van der Waals surface area contributed by atoms with Gasteiger partial charge in [0.05, 0.1) is 0 Å². The second kappa shape index (κ2) is 9.94. The van der Waals surface area contributed by atoms with Crippen molar-refractivity contribution in [2.75, 3.05) is 4.90 Å². The summed E-state index contributed by atoms with van der Waals surface area (Å²) in [5, 5.41) is 7.61. The maximum Gasteiger partial charge on any atom is 0.244 e. The van der Waals surface area contributed by atoms with E-state index in [1.54, 1.807) is 12.1 Å². The first-order valence-electron chi connectivity index (χ1n) is 9.48. The van der Waals surface area contributed by atoms with Crippen LogP contribution in [-0.4, -0.2) is 11.7 Å². The van der Waals surface area contributed by atoms with Crippen LogP contribution in [0.25, 0.3) is 0 Å². The molecule has 5 N–H and O–H groups in total. The predicted molar refractivity (Wildman–Crippen MR) is 125 cm³/mol.